The van der Waals surface area contributed by atoms with Crippen LogP contribution in [0.3, 0.4) is 0 Å². The summed E-state index contributed by atoms with van der Waals surface area (Å²) in [7, 11) is -3.50. The van der Waals surface area contributed by atoms with Gasteiger partial charge < -0.3 is 5.32 Å². The molecule has 0 aliphatic carbocycles. The van der Waals surface area contributed by atoms with Gasteiger partial charge in [0, 0.05) is 24.2 Å². The second kappa shape index (κ2) is 8.77. The second-order valence-corrected chi connectivity index (χ2v) is 7.85. The molecule has 0 atom stereocenters. The predicted molar refractivity (Wildman–Crippen MR) is 110 cm³/mol. The standard InChI is InChI=1S/C19H22N6O2S/c1-15-14-16(2)25(24-15)19-9-8-18(22-23-19)20-11-12-21-28(26,27)13-10-17-6-4-3-5-7-17/h3-10,13-14,21H,11-12H2,1-2H3,(H,20,22)/b13-10+. The van der Waals surface area contributed by atoms with E-state index >= 15 is 0 Å². The Morgan fingerprint density at radius 2 is 1.82 bits per heavy atom. The Hall–Kier alpha value is -3.04. The minimum Gasteiger partial charge on any atom is -0.367 e. The minimum atomic E-state index is -3.50. The summed E-state index contributed by atoms with van der Waals surface area (Å²) in [6.45, 7) is 4.48. The van der Waals surface area contributed by atoms with E-state index in [9.17, 15) is 8.42 Å². The van der Waals surface area contributed by atoms with Crippen LogP contribution < -0.4 is 10.0 Å². The van der Waals surface area contributed by atoms with Gasteiger partial charge in [0.2, 0.25) is 10.0 Å². The second-order valence-electron chi connectivity index (χ2n) is 6.20. The fraction of sp³-hybridized carbons (Fsp3) is 0.211. The Kier molecular flexibility index (Phi) is 6.17. The van der Waals surface area contributed by atoms with Crippen LogP contribution in [0.5, 0.6) is 0 Å². The Labute approximate surface area is 164 Å². The summed E-state index contributed by atoms with van der Waals surface area (Å²) in [5.74, 6) is 1.19. The van der Waals surface area contributed by atoms with Gasteiger partial charge in [-0.2, -0.15) is 5.10 Å². The van der Waals surface area contributed by atoms with E-state index in [1.807, 2.05) is 56.3 Å². The normalized spacial score (nSPS) is 11.8. The molecule has 146 valence electrons. The monoisotopic (exact) mass is 398 g/mol. The number of nitrogens with zero attached hydrogens (tertiary/aromatic N) is 4. The van der Waals surface area contributed by atoms with Crippen molar-refractivity contribution >= 4 is 21.9 Å². The number of aryl methyl sites for hydroxylation is 2. The maximum Gasteiger partial charge on any atom is 0.233 e. The molecule has 0 amide bonds. The highest BCUT2D eigenvalue weighted by molar-refractivity contribution is 7.92. The minimum absolute atomic E-state index is 0.225. The van der Waals surface area contributed by atoms with Gasteiger partial charge in [-0.05, 0) is 43.7 Å². The van der Waals surface area contributed by atoms with E-state index in [0.717, 1.165) is 22.4 Å². The third-order valence-electron chi connectivity index (χ3n) is 3.85. The maximum absolute atomic E-state index is 12.0. The highest BCUT2D eigenvalue weighted by atomic mass is 32.2. The van der Waals surface area contributed by atoms with Crippen LogP contribution in [0.4, 0.5) is 5.82 Å². The summed E-state index contributed by atoms with van der Waals surface area (Å²) in [6.07, 6.45) is 1.55. The lowest BCUT2D eigenvalue weighted by Crippen LogP contribution is -2.27. The van der Waals surface area contributed by atoms with Gasteiger partial charge in [0.05, 0.1) is 5.69 Å². The summed E-state index contributed by atoms with van der Waals surface area (Å²) >= 11 is 0. The molecule has 2 heterocycles. The molecule has 0 saturated carbocycles. The van der Waals surface area contributed by atoms with Crippen molar-refractivity contribution in [3.05, 3.63) is 70.9 Å². The van der Waals surface area contributed by atoms with Crippen LogP contribution in [0.15, 0.2) is 53.9 Å². The topological polar surface area (TPSA) is 102 Å². The van der Waals surface area contributed by atoms with Gasteiger partial charge in [0.25, 0.3) is 0 Å². The van der Waals surface area contributed by atoms with Gasteiger partial charge in [0.1, 0.15) is 5.82 Å². The fourth-order valence-electron chi connectivity index (χ4n) is 2.56. The van der Waals surface area contributed by atoms with E-state index in [1.54, 1.807) is 16.8 Å². The van der Waals surface area contributed by atoms with Gasteiger partial charge in [-0.25, -0.2) is 17.8 Å². The van der Waals surface area contributed by atoms with E-state index in [-0.39, 0.29) is 6.54 Å². The molecule has 0 unspecified atom stereocenters. The Bertz CT molecular complexity index is 1040. The SMILES string of the molecule is Cc1cc(C)n(-c2ccc(NCCNS(=O)(=O)/C=C/c3ccccc3)nn2)n1. The molecule has 1 aromatic carbocycles. The number of anilines is 1. The predicted octanol–water partition coefficient (Wildman–Crippen LogP) is 2.28. The van der Waals surface area contributed by atoms with Crippen molar-refractivity contribution in [1.82, 2.24) is 24.7 Å². The molecule has 0 radical (unpaired) electrons. The van der Waals surface area contributed by atoms with Crippen LogP contribution in [-0.2, 0) is 10.0 Å². The van der Waals surface area contributed by atoms with E-state index < -0.39 is 10.0 Å². The fourth-order valence-corrected chi connectivity index (χ4v) is 3.38. The number of aromatic nitrogens is 4. The third-order valence-corrected chi connectivity index (χ3v) is 4.95. The molecular weight excluding hydrogens is 376 g/mol. The van der Waals surface area contributed by atoms with Gasteiger partial charge >= 0.3 is 0 Å². The Morgan fingerprint density at radius 1 is 1.04 bits per heavy atom. The number of sulfonamides is 1. The highest BCUT2D eigenvalue weighted by Crippen LogP contribution is 2.10. The largest absolute Gasteiger partial charge is 0.367 e. The molecule has 0 bridgehead atoms. The molecule has 2 aromatic heterocycles. The first kappa shape index (κ1) is 19.7. The Balaban J connectivity index is 1.48. The summed E-state index contributed by atoms with van der Waals surface area (Å²) in [4.78, 5) is 0. The van der Waals surface area contributed by atoms with Crippen molar-refractivity contribution in [2.45, 2.75) is 13.8 Å². The van der Waals surface area contributed by atoms with Crippen LogP contribution in [0, 0.1) is 13.8 Å². The van der Waals surface area contributed by atoms with Crippen LogP contribution >= 0.6 is 0 Å². The smallest absolute Gasteiger partial charge is 0.233 e. The zero-order chi connectivity index (χ0) is 20.0. The molecule has 9 heteroatoms. The average Bonchev–Trinajstić information content (AvgIpc) is 3.03. The van der Waals surface area contributed by atoms with Gasteiger partial charge in [-0.1, -0.05) is 30.3 Å². The molecule has 3 rings (SSSR count). The van der Waals surface area contributed by atoms with E-state index in [1.165, 1.54) is 0 Å². The summed E-state index contributed by atoms with van der Waals surface area (Å²) < 4.78 is 28.2. The van der Waals surface area contributed by atoms with Gasteiger partial charge in [-0.3, -0.25) is 0 Å². The van der Waals surface area contributed by atoms with Crippen LogP contribution in [0.25, 0.3) is 11.9 Å². The van der Waals surface area contributed by atoms with Crippen molar-refractivity contribution in [1.29, 1.82) is 0 Å². The lowest BCUT2D eigenvalue weighted by atomic mass is 10.2. The average molecular weight is 398 g/mol. The summed E-state index contributed by atoms with van der Waals surface area (Å²) in [6, 6.07) is 14.8. The third kappa shape index (κ3) is 5.48. The van der Waals surface area contributed by atoms with Crippen molar-refractivity contribution < 1.29 is 8.42 Å². The lowest BCUT2D eigenvalue weighted by molar-refractivity contribution is 0.592. The zero-order valence-electron chi connectivity index (χ0n) is 15.7. The van der Waals surface area contributed by atoms with Crippen LogP contribution in [0.1, 0.15) is 17.0 Å². The van der Waals surface area contributed by atoms with Crippen molar-refractivity contribution in [2.24, 2.45) is 0 Å². The van der Waals surface area contributed by atoms with Gasteiger partial charge in [-0.15, -0.1) is 10.2 Å². The number of rotatable bonds is 8. The molecule has 0 saturated heterocycles. The summed E-state index contributed by atoms with van der Waals surface area (Å²) in [5.41, 5.74) is 2.71. The number of nitrogens with one attached hydrogen (secondary N) is 2. The molecular formula is C19H22N6O2S. The molecule has 28 heavy (non-hydrogen) atoms. The molecule has 0 fully saturated rings. The Morgan fingerprint density at radius 3 is 2.46 bits per heavy atom. The first-order chi connectivity index (χ1) is 13.4. The maximum atomic E-state index is 12.0. The van der Waals surface area contributed by atoms with Crippen molar-refractivity contribution in [3.63, 3.8) is 0 Å². The first-order valence-corrected chi connectivity index (χ1v) is 10.3. The number of benzene rings is 1. The van der Waals surface area contributed by atoms with Crippen molar-refractivity contribution in [3.8, 4) is 5.82 Å². The molecule has 0 aliphatic rings. The zero-order valence-corrected chi connectivity index (χ0v) is 16.5. The molecule has 0 spiro atoms. The van der Waals surface area contributed by atoms with E-state index in [0.29, 0.717) is 18.2 Å². The molecule has 0 aliphatic heterocycles. The molecule has 8 nitrogen and oxygen atoms in total. The van der Waals surface area contributed by atoms with Crippen molar-refractivity contribution in [2.75, 3.05) is 18.4 Å². The number of hydrogen-bond acceptors (Lipinski definition) is 6. The molecule has 3 aromatic rings. The van der Waals surface area contributed by atoms with Crippen LogP contribution in [-0.4, -0.2) is 41.5 Å². The first-order valence-electron chi connectivity index (χ1n) is 8.77. The number of hydrogen-bond donors (Lipinski definition) is 2. The van der Waals surface area contributed by atoms with E-state index in [2.05, 4.69) is 25.3 Å². The van der Waals surface area contributed by atoms with Crippen LogP contribution in [0.2, 0.25) is 0 Å². The summed E-state index contributed by atoms with van der Waals surface area (Å²) in [5, 5.41) is 16.8. The molecule has 2 N–H and O–H groups in total. The van der Waals surface area contributed by atoms with Gasteiger partial charge in [0.15, 0.2) is 5.82 Å². The lowest BCUT2D eigenvalue weighted by Gasteiger charge is -2.07. The van der Waals surface area contributed by atoms with E-state index in [4.69, 9.17) is 0 Å². The highest BCUT2D eigenvalue weighted by Gasteiger charge is 2.07. The quantitative estimate of drug-likeness (QED) is 0.565.